The predicted octanol–water partition coefficient (Wildman–Crippen LogP) is 1.38. The maximum Gasteiger partial charge on any atom is 0.335 e. The van der Waals surface area contributed by atoms with Crippen LogP contribution in [0.15, 0.2) is 17.0 Å². The van der Waals surface area contributed by atoms with Gasteiger partial charge in [0, 0.05) is 12.2 Å². The molecule has 7 heteroatoms. The molecule has 0 bridgehead atoms. The molecule has 0 aromatic heterocycles. The van der Waals surface area contributed by atoms with Gasteiger partial charge in [0.25, 0.3) is 0 Å². The minimum atomic E-state index is -3.76. The number of carbonyl (C=O) groups is 1. The lowest BCUT2D eigenvalue weighted by atomic mass is 10.1. The maximum absolute atomic E-state index is 13.6. The summed E-state index contributed by atoms with van der Waals surface area (Å²) in [5.74, 6) is -2.50. The number of hydrogen-bond donors (Lipinski definition) is 2. The van der Waals surface area contributed by atoms with E-state index in [4.69, 9.17) is 10.2 Å². The molecule has 0 unspecified atom stereocenters. The average molecular weight is 290 g/mol. The third kappa shape index (κ3) is 3.74. The molecule has 0 saturated heterocycles. The van der Waals surface area contributed by atoms with Crippen molar-refractivity contribution in [1.29, 1.82) is 0 Å². The summed E-state index contributed by atoms with van der Waals surface area (Å²) in [7, 11) is -3.76. The van der Waals surface area contributed by atoms with E-state index in [0.717, 1.165) is 12.1 Å². The SMILES string of the molecule is Cc1c(F)cc(C(=O)O)cc1S(=O)(=O)CCCCO. The van der Waals surface area contributed by atoms with Gasteiger partial charge in [-0.05, 0) is 31.9 Å². The lowest BCUT2D eigenvalue weighted by Gasteiger charge is -2.09. The van der Waals surface area contributed by atoms with Gasteiger partial charge in [-0.25, -0.2) is 17.6 Å². The molecule has 2 N–H and O–H groups in total. The fourth-order valence-corrected chi connectivity index (χ4v) is 3.29. The molecular formula is C12H15FO5S. The summed E-state index contributed by atoms with van der Waals surface area (Å²) in [4.78, 5) is 10.5. The molecule has 0 heterocycles. The van der Waals surface area contributed by atoms with Gasteiger partial charge in [0.2, 0.25) is 0 Å². The molecule has 1 aromatic carbocycles. The van der Waals surface area contributed by atoms with Crippen LogP contribution in [0.1, 0.15) is 28.8 Å². The third-order valence-corrected chi connectivity index (χ3v) is 4.62. The number of carboxylic acids is 1. The monoisotopic (exact) mass is 290 g/mol. The zero-order valence-corrected chi connectivity index (χ0v) is 11.2. The number of sulfone groups is 1. The Morgan fingerprint density at radius 3 is 2.47 bits per heavy atom. The molecule has 106 valence electrons. The second kappa shape index (κ2) is 6.12. The fraction of sp³-hybridized carbons (Fsp3) is 0.417. The van der Waals surface area contributed by atoms with Crippen LogP contribution in [0.2, 0.25) is 0 Å². The Kier molecular flexibility index (Phi) is 5.02. The van der Waals surface area contributed by atoms with Gasteiger partial charge in [-0.1, -0.05) is 0 Å². The van der Waals surface area contributed by atoms with Crippen LogP contribution in [0.5, 0.6) is 0 Å². The van der Waals surface area contributed by atoms with Crippen molar-refractivity contribution in [3.63, 3.8) is 0 Å². The fourth-order valence-electron chi connectivity index (χ4n) is 1.61. The van der Waals surface area contributed by atoms with Crippen molar-refractivity contribution in [2.75, 3.05) is 12.4 Å². The molecule has 0 saturated carbocycles. The van der Waals surface area contributed by atoms with Gasteiger partial charge in [0.05, 0.1) is 16.2 Å². The van der Waals surface area contributed by atoms with Crippen LogP contribution in [0.4, 0.5) is 4.39 Å². The van der Waals surface area contributed by atoms with E-state index >= 15 is 0 Å². The number of carboxylic acid groups (broad SMARTS) is 1. The van der Waals surface area contributed by atoms with Crippen molar-refractivity contribution < 1.29 is 27.8 Å². The number of aliphatic hydroxyl groups is 1. The molecule has 1 aromatic rings. The van der Waals surface area contributed by atoms with Crippen LogP contribution >= 0.6 is 0 Å². The van der Waals surface area contributed by atoms with E-state index in [-0.39, 0.29) is 29.2 Å². The first-order chi connectivity index (χ1) is 8.79. The molecule has 19 heavy (non-hydrogen) atoms. The van der Waals surface area contributed by atoms with Crippen molar-refractivity contribution in [3.8, 4) is 0 Å². The second-order valence-electron chi connectivity index (χ2n) is 4.14. The molecule has 0 aliphatic carbocycles. The first kappa shape index (κ1) is 15.6. The van der Waals surface area contributed by atoms with E-state index in [1.807, 2.05) is 0 Å². The summed E-state index contributed by atoms with van der Waals surface area (Å²) >= 11 is 0. The number of benzene rings is 1. The lowest BCUT2D eigenvalue weighted by Crippen LogP contribution is -2.12. The van der Waals surface area contributed by atoms with Gasteiger partial charge >= 0.3 is 5.97 Å². The Morgan fingerprint density at radius 2 is 1.95 bits per heavy atom. The van der Waals surface area contributed by atoms with Crippen LogP contribution in [-0.4, -0.2) is 37.0 Å². The molecular weight excluding hydrogens is 275 g/mol. The molecule has 0 aliphatic heterocycles. The molecule has 5 nitrogen and oxygen atoms in total. The number of hydrogen-bond acceptors (Lipinski definition) is 4. The standard InChI is InChI=1S/C12H15FO5S/c1-8-10(13)6-9(12(15)16)7-11(8)19(17,18)5-3-2-4-14/h6-7,14H,2-5H2,1H3,(H,15,16). The highest BCUT2D eigenvalue weighted by Gasteiger charge is 2.21. The van der Waals surface area contributed by atoms with Crippen LogP contribution in [0.25, 0.3) is 0 Å². The van der Waals surface area contributed by atoms with E-state index in [1.165, 1.54) is 6.92 Å². The maximum atomic E-state index is 13.6. The van der Waals surface area contributed by atoms with Crippen LogP contribution in [-0.2, 0) is 9.84 Å². The van der Waals surface area contributed by atoms with Crippen molar-refractivity contribution in [2.24, 2.45) is 0 Å². The Labute approximate surface area is 110 Å². The Bertz CT molecular complexity index is 580. The average Bonchev–Trinajstić information content (AvgIpc) is 2.32. The summed E-state index contributed by atoms with van der Waals surface area (Å²) in [5, 5.41) is 17.4. The van der Waals surface area contributed by atoms with Crippen LogP contribution in [0, 0.1) is 12.7 Å². The third-order valence-electron chi connectivity index (χ3n) is 2.70. The van der Waals surface area contributed by atoms with E-state index in [9.17, 15) is 17.6 Å². The molecule has 0 spiro atoms. The summed E-state index contributed by atoms with van der Waals surface area (Å²) < 4.78 is 37.6. The number of halogens is 1. The van der Waals surface area contributed by atoms with Crippen molar-refractivity contribution >= 4 is 15.8 Å². The molecule has 0 fully saturated rings. The van der Waals surface area contributed by atoms with Gasteiger partial charge in [0.15, 0.2) is 9.84 Å². The first-order valence-corrected chi connectivity index (χ1v) is 7.32. The van der Waals surface area contributed by atoms with E-state index < -0.39 is 27.2 Å². The number of aliphatic hydroxyl groups excluding tert-OH is 1. The number of aromatic carboxylic acids is 1. The van der Waals surface area contributed by atoms with Crippen LogP contribution in [0.3, 0.4) is 0 Å². The highest BCUT2D eigenvalue weighted by molar-refractivity contribution is 7.91. The summed E-state index contributed by atoms with van der Waals surface area (Å²) in [6.07, 6.45) is 0.552. The molecule has 0 aliphatic rings. The van der Waals surface area contributed by atoms with Gasteiger partial charge in [-0.2, -0.15) is 0 Å². The summed E-state index contributed by atoms with van der Waals surface area (Å²) in [6, 6.07) is 1.76. The van der Waals surface area contributed by atoms with E-state index in [2.05, 4.69) is 0 Å². The zero-order valence-electron chi connectivity index (χ0n) is 10.4. The molecule has 1 rings (SSSR count). The summed E-state index contributed by atoms with van der Waals surface area (Å²) in [5.41, 5.74) is -0.488. The molecule has 0 radical (unpaired) electrons. The topological polar surface area (TPSA) is 91.7 Å². The first-order valence-electron chi connectivity index (χ1n) is 5.66. The smallest absolute Gasteiger partial charge is 0.335 e. The van der Waals surface area contributed by atoms with E-state index in [0.29, 0.717) is 6.42 Å². The van der Waals surface area contributed by atoms with Crippen LogP contribution < -0.4 is 0 Å². The normalized spacial score (nSPS) is 11.5. The van der Waals surface area contributed by atoms with Gasteiger partial charge in [-0.15, -0.1) is 0 Å². The number of rotatable bonds is 6. The van der Waals surface area contributed by atoms with Gasteiger partial charge in [0.1, 0.15) is 5.82 Å². The summed E-state index contributed by atoms with van der Waals surface area (Å²) in [6.45, 7) is 1.16. The Morgan fingerprint density at radius 1 is 1.32 bits per heavy atom. The lowest BCUT2D eigenvalue weighted by molar-refractivity contribution is 0.0696. The van der Waals surface area contributed by atoms with Crippen molar-refractivity contribution in [3.05, 3.63) is 29.1 Å². The zero-order chi connectivity index (χ0) is 14.6. The highest BCUT2D eigenvalue weighted by atomic mass is 32.2. The van der Waals surface area contributed by atoms with Gasteiger partial charge < -0.3 is 10.2 Å². The quantitative estimate of drug-likeness (QED) is 0.772. The van der Waals surface area contributed by atoms with E-state index in [1.54, 1.807) is 0 Å². The largest absolute Gasteiger partial charge is 0.478 e. The minimum absolute atomic E-state index is 0.0889. The number of unbranched alkanes of at least 4 members (excludes halogenated alkanes) is 1. The van der Waals surface area contributed by atoms with Crippen molar-refractivity contribution in [1.82, 2.24) is 0 Å². The van der Waals surface area contributed by atoms with Gasteiger partial charge in [-0.3, -0.25) is 0 Å². The van der Waals surface area contributed by atoms with Crippen molar-refractivity contribution in [2.45, 2.75) is 24.7 Å². The predicted molar refractivity (Wildman–Crippen MR) is 66.5 cm³/mol. The Hall–Kier alpha value is -1.47. The molecule has 0 amide bonds. The highest BCUT2D eigenvalue weighted by Crippen LogP contribution is 2.22. The second-order valence-corrected chi connectivity index (χ2v) is 6.21. The minimum Gasteiger partial charge on any atom is -0.478 e. The molecule has 0 atom stereocenters. The Balaban J connectivity index is 3.21.